The van der Waals surface area contributed by atoms with Gasteiger partial charge in [0.2, 0.25) is 0 Å². The fourth-order valence-corrected chi connectivity index (χ4v) is 3.98. The third-order valence-corrected chi connectivity index (χ3v) is 5.22. The van der Waals surface area contributed by atoms with Gasteiger partial charge in [0, 0.05) is 17.3 Å². The van der Waals surface area contributed by atoms with Crippen LogP contribution in [0.15, 0.2) is 0 Å². The lowest BCUT2D eigenvalue weighted by Crippen LogP contribution is -2.39. The van der Waals surface area contributed by atoms with Gasteiger partial charge in [0.15, 0.2) is 0 Å². The molecule has 1 fully saturated rings. The van der Waals surface area contributed by atoms with Crippen molar-refractivity contribution < 1.29 is 0 Å². The molecule has 1 aromatic rings. The fraction of sp³-hybridized carbons (Fsp3) is 0.786. The number of thiazole rings is 1. The third kappa shape index (κ3) is 3.08. The van der Waals surface area contributed by atoms with Gasteiger partial charge in [-0.2, -0.15) is 0 Å². The average Bonchev–Trinajstić information content (AvgIpc) is 2.58. The molecule has 1 aliphatic carbocycles. The molecule has 3 heteroatoms. The number of hydrogen-bond acceptors (Lipinski definition) is 3. The van der Waals surface area contributed by atoms with E-state index in [1.165, 1.54) is 34.8 Å². The van der Waals surface area contributed by atoms with E-state index in [0.29, 0.717) is 6.04 Å². The van der Waals surface area contributed by atoms with Gasteiger partial charge in [-0.1, -0.05) is 6.92 Å². The zero-order valence-electron chi connectivity index (χ0n) is 11.4. The van der Waals surface area contributed by atoms with Crippen molar-refractivity contribution in [1.82, 2.24) is 10.3 Å². The standard InChI is InChI=1S/C14H24N2S/c1-9-5-6-13(15-4)12(7-9)8-14-16-10(2)11(3)17-14/h9,12-13,15H,5-8H2,1-4H3. The first kappa shape index (κ1) is 13.0. The summed E-state index contributed by atoms with van der Waals surface area (Å²) in [7, 11) is 2.10. The lowest BCUT2D eigenvalue weighted by atomic mass is 9.77. The Morgan fingerprint density at radius 2 is 2.12 bits per heavy atom. The maximum absolute atomic E-state index is 4.69. The summed E-state index contributed by atoms with van der Waals surface area (Å²) in [5.74, 6) is 1.65. The Balaban J connectivity index is 2.04. The van der Waals surface area contributed by atoms with Crippen molar-refractivity contribution >= 4 is 11.3 Å². The molecule has 1 aliphatic rings. The molecule has 17 heavy (non-hydrogen) atoms. The van der Waals surface area contributed by atoms with Gasteiger partial charge >= 0.3 is 0 Å². The minimum atomic E-state index is 0.690. The lowest BCUT2D eigenvalue weighted by Gasteiger charge is -2.34. The summed E-state index contributed by atoms with van der Waals surface area (Å²) in [6, 6.07) is 0.690. The molecular weight excluding hydrogens is 228 g/mol. The van der Waals surface area contributed by atoms with Crippen LogP contribution in [0.3, 0.4) is 0 Å². The van der Waals surface area contributed by atoms with E-state index in [2.05, 4.69) is 38.1 Å². The van der Waals surface area contributed by atoms with Crippen molar-refractivity contribution in [2.75, 3.05) is 7.05 Å². The number of nitrogens with zero attached hydrogens (tertiary/aromatic N) is 1. The fourth-order valence-electron chi connectivity index (χ4n) is 2.96. The lowest BCUT2D eigenvalue weighted by molar-refractivity contribution is 0.220. The second-order valence-electron chi connectivity index (χ2n) is 5.53. The van der Waals surface area contributed by atoms with Gasteiger partial charge in [-0.15, -0.1) is 11.3 Å². The molecule has 1 aromatic heterocycles. The first-order valence-corrected chi connectivity index (χ1v) is 7.52. The molecule has 0 radical (unpaired) electrons. The van der Waals surface area contributed by atoms with Crippen LogP contribution in [0.5, 0.6) is 0 Å². The van der Waals surface area contributed by atoms with E-state index in [0.717, 1.165) is 18.3 Å². The van der Waals surface area contributed by atoms with E-state index < -0.39 is 0 Å². The first-order valence-electron chi connectivity index (χ1n) is 6.70. The molecule has 0 aliphatic heterocycles. The molecule has 0 amide bonds. The van der Waals surface area contributed by atoms with E-state index in [4.69, 9.17) is 0 Å². The van der Waals surface area contributed by atoms with Crippen molar-refractivity contribution in [1.29, 1.82) is 0 Å². The zero-order chi connectivity index (χ0) is 12.4. The average molecular weight is 252 g/mol. The molecule has 96 valence electrons. The van der Waals surface area contributed by atoms with Crippen molar-refractivity contribution in [3.05, 3.63) is 15.6 Å². The SMILES string of the molecule is CNC1CCC(C)CC1Cc1nc(C)c(C)s1. The van der Waals surface area contributed by atoms with Crippen LogP contribution in [0.1, 0.15) is 41.8 Å². The minimum absolute atomic E-state index is 0.690. The quantitative estimate of drug-likeness (QED) is 0.892. The van der Waals surface area contributed by atoms with Crippen molar-refractivity contribution in [3.63, 3.8) is 0 Å². The van der Waals surface area contributed by atoms with E-state index >= 15 is 0 Å². The van der Waals surface area contributed by atoms with Gasteiger partial charge in [0.1, 0.15) is 0 Å². The molecule has 0 spiro atoms. The highest BCUT2D eigenvalue weighted by Crippen LogP contribution is 2.32. The summed E-state index contributed by atoms with van der Waals surface area (Å²) in [5, 5.41) is 4.83. The second kappa shape index (κ2) is 5.49. The first-order chi connectivity index (χ1) is 8.10. The smallest absolute Gasteiger partial charge is 0.0934 e. The van der Waals surface area contributed by atoms with E-state index in [9.17, 15) is 0 Å². The second-order valence-corrected chi connectivity index (χ2v) is 6.81. The zero-order valence-corrected chi connectivity index (χ0v) is 12.2. The molecule has 1 N–H and O–H groups in total. The van der Waals surface area contributed by atoms with Crippen LogP contribution < -0.4 is 5.32 Å². The number of aryl methyl sites for hydroxylation is 2. The molecule has 2 rings (SSSR count). The van der Waals surface area contributed by atoms with Gasteiger partial charge in [-0.25, -0.2) is 4.98 Å². The number of rotatable bonds is 3. The molecule has 0 bridgehead atoms. The van der Waals surface area contributed by atoms with Gasteiger partial charge in [-0.05, 0) is 52.0 Å². The molecule has 1 heterocycles. The Bertz CT molecular complexity index is 353. The van der Waals surface area contributed by atoms with Crippen LogP contribution >= 0.6 is 11.3 Å². The molecule has 3 unspecified atom stereocenters. The molecular formula is C14H24N2S. The van der Waals surface area contributed by atoms with Crippen LogP contribution in [0.25, 0.3) is 0 Å². The molecule has 1 saturated carbocycles. The monoisotopic (exact) mass is 252 g/mol. The molecule has 3 atom stereocenters. The number of nitrogens with one attached hydrogen (secondary N) is 1. The summed E-state index contributed by atoms with van der Waals surface area (Å²) in [6.45, 7) is 6.68. The predicted molar refractivity (Wildman–Crippen MR) is 74.6 cm³/mol. The summed E-state index contributed by atoms with van der Waals surface area (Å²) < 4.78 is 0. The highest BCUT2D eigenvalue weighted by Gasteiger charge is 2.28. The highest BCUT2D eigenvalue weighted by atomic mass is 32.1. The molecule has 0 saturated heterocycles. The van der Waals surface area contributed by atoms with Gasteiger partial charge in [0.05, 0.1) is 10.7 Å². The van der Waals surface area contributed by atoms with Crippen LogP contribution in [0.2, 0.25) is 0 Å². The van der Waals surface area contributed by atoms with Crippen LogP contribution in [-0.4, -0.2) is 18.1 Å². The van der Waals surface area contributed by atoms with E-state index in [1.54, 1.807) is 0 Å². The van der Waals surface area contributed by atoms with Crippen LogP contribution in [0, 0.1) is 25.7 Å². The maximum Gasteiger partial charge on any atom is 0.0934 e. The molecule has 0 aromatic carbocycles. The largest absolute Gasteiger partial charge is 0.317 e. The summed E-state index contributed by atoms with van der Waals surface area (Å²) in [5.41, 5.74) is 1.22. The Hall–Kier alpha value is -0.410. The Morgan fingerprint density at radius 1 is 1.35 bits per heavy atom. The summed E-state index contributed by atoms with van der Waals surface area (Å²) in [4.78, 5) is 6.07. The Labute approximate surface area is 109 Å². The predicted octanol–water partition coefficient (Wildman–Crippen LogP) is 3.33. The topological polar surface area (TPSA) is 24.9 Å². The third-order valence-electron chi connectivity index (χ3n) is 4.13. The van der Waals surface area contributed by atoms with E-state index in [-0.39, 0.29) is 0 Å². The summed E-state index contributed by atoms with van der Waals surface area (Å²) in [6.07, 6.45) is 5.21. The number of aromatic nitrogens is 1. The van der Waals surface area contributed by atoms with Gasteiger partial charge < -0.3 is 5.32 Å². The van der Waals surface area contributed by atoms with Crippen molar-refractivity contribution in [2.45, 2.75) is 52.5 Å². The van der Waals surface area contributed by atoms with Crippen LogP contribution in [-0.2, 0) is 6.42 Å². The maximum atomic E-state index is 4.69. The Kier molecular flexibility index (Phi) is 4.21. The van der Waals surface area contributed by atoms with Crippen molar-refractivity contribution in [2.24, 2.45) is 11.8 Å². The summed E-state index contributed by atoms with van der Waals surface area (Å²) >= 11 is 1.88. The van der Waals surface area contributed by atoms with Gasteiger partial charge in [-0.3, -0.25) is 0 Å². The molecule has 2 nitrogen and oxygen atoms in total. The van der Waals surface area contributed by atoms with Gasteiger partial charge in [0.25, 0.3) is 0 Å². The normalized spacial score (nSPS) is 29.5. The minimum Gasteiger partial charge on any atom is -0.317 e. The Morgan fingerprint density at radius 3 is 2.71 bits per heavy atom. The highest BCUT2D eigenvalue weighted by molar-refractivity contribution is 7.11. The number of hydrogen-bond donors (Lipinski definition) is 1. The van der Waals surface area contributed by atoms with Crippen LogP contribution in [0.4, 0.5) is 0 Å². The van der Waals surface area contributed by atoms with E-state index in [1.807, 2.05) is 11.3 Å². The van der Waals surface area contributed by atoms with Crippen molar-refractivity contribution in [3.8, 4) is 0 Å².